The Hall–Kier alpha value is -2.53. The van der Waals surface area contributed by atoms with Crippen molar-refractivity contribution in [3.8, 4) is 0 Å². The van der Waals surface area contributed by atoms with Crippen molar-refractivity contribution in [2.24, 2.45) is 0 Å². The molecule has 0 saturated carbocycles. The lowest BCUT2D eigenvalue weighted by molar-refractivity contribution is -0.139. The zero-order chi connectivity index (χ0) is 14.5. The number of hydrogen-bond acceptors (Lipinski definition) is 3. The molecule has 2 rings (SSSR count). The molecule has 0 spiro atoms. The number of carboxylic acids is 1. The second kappa shape index (κ2) is 7.31. The normalized spacial score (nSPS) is 11.0. The Morgan fingerprint density at radius 3 is 2.10 bits per heavy atom. The van der Waals surface area contributed by atoms with Gasteiger partial charge >= 0.3 is 5.97 Å². The number of halogens is 1. The van der Waals surface area contributed by atoms with Gasteiger partial charge in [0.1, 0.15) is 0 Å². The van der Waals surface area contributed by atoms with E-state index >= 15 is 0 Å². The van der Waals surface area contributed by atoms with Crippen molar-refractivity contribution in [2.45, 2.75) is 6.04 Å². The summed E-state index contributed by atoms with van der Waals surface area (Å²) < 4.78 is 0. The lowest BCUT2D eigenvalue weighted by Gasteiger charge is -2.15. The molecule has 0 aromatic heterocycles. The molecule has 4 N–H and O–H groups in total. The third-order valence-electron chi connectivity index (χ3n) is 2.83. The van der Waals surface area contributed by atoms with E-state index in [1.807, 2.05) is 0 Å². The van der Waals surface area contributed by atoms with Crippen LogP contribution in [0.15, 0.2) is 54.6 Å². The molecule has 0 aliphatic carbocycles. The molecule has 0 radical (unpaired) electrons. The van der Waals surface area contributed by atoms with Gasteiger partial charge in [-0.3, -0.25) is 4.79 Å². The quantitative estimate of drug-likeness (QED) is 0.755. The highest BCUT2D eigenvalue weighted by molar-refractivity contribution is 5.97. The number of nitrogens with one attached hydrogen (secondary N) is 1. The van der Waals surface area contributed by atoms with Gasteiger partial charge in [-0.1, -0.05) is 30.3 Å². The first-order valence-electron chi connectivity index (χ1n) is 6.02. The molecule has 6 heteroatoms. The molecular formula is C15H15ClN2O3. The number of carbonyl (C=O) groups is 2. The Bertz CT molecular complexity index is 615. The second-order valence-electron chi connectivity index (χ2n) is 4.28. The van der Waals surface area contributed by atoms with E-state index in [0.717, 1.165) is 0 Å². The van der Waals surface area contributed by atoms with Crippen molar-refractivity contribution >= 4 is 30.0 Å². The molecule has 0 aliphatic heterocycles. The number of anilines is 1. The van der Waals surface area contributed by atoms with Crippen LogP contribution in [-0.2, 0) is 4.79 Å². The summed E-state index contributed by atoms with van der Waals surface area (Å²) in [6, 6.07) is 13.7. The number of nitrogen functional groups attached to an aromatic ring is 1. The first kappa shape index (κ1) is 16.5. The molecule has 1 amide bonds. The smallest absolute Gasteiger partial charge is 0.330 e. The van der Waals surface area contributed by atoms with Crippen LogP contribution in [0.2, 0.25) is 0 Å². The Morgan fingerprint density at radius 1 is 1.00 bits per heavy atom. The monoisotopic (exact) mass is 306 g/mol. The number of amides is 1. The maximum absolute atomic E-state index is 12.0. The molecule has 0 bridgehead atoms. The molecule has 1 atom stereocenters. The van der Waals surface area contributed by atoms with E-state index in [2.05, 4.69) is 5.32 Å². The predicted molar refractivity (Wildman–Crippen MR) is 82.4 cm³/mol. The molecule has 110 valence electrons. The lowest BCUT2D eigenvalue weighted by atomic mass is 10.1. The van der Waals surface area contributed by atoms with Crippen LogP contribution in [-0.4, -0.2) is 17.0 Å². The maximum atomic E-state index is 12.0. The fourth-order valence-electron chi connectivity index (χ4n) is 1.78. The molecular weight excluding hydrogens is 292 g/mol. The van der Waals surface area contributed by atoms with Crippen molar-refractivity contribution in [3.05, 3.63) is 65.7 Å². The Labute approximate surface area is 128 Å². The van der Waals surface area contributed by atoms with Crippen LogP contribution in [0.5, 0.6) is 0 Å². The van der Waals surface area contributed by atoms with Crippen molar-refractivity contribution in [1.29, 1.82) is 0 Å². The Morgan fingerprint density at radius 2 is 1.57 bits per heavy atom. The Balaban J connectivity index is 0.00000220. The van der Waals surface area contributed by atoms with Crippen LogP contribution in [0.1, 0.15) is 22.0 Å². The zero-order valence-electron chi connectivity index (χ0n) is 11.0. The topological polar surface area (TPSA) is 92.4 Å². The van der Waals surface area contributed by atoms with Crippen molar-refractivity contribution in [3.63, 3.8) is 0 Å². The van der Waals surface area contributed by atoms with E-state index in [1.54, 1.807) is 54.6 Å². The standard InChI is InChI=1S/C15H14N2O3.ClH/c16-12-8-6-11(7-9-12)14(18)17-13(15(19)20)10-4-2-1-3-5-10;/h1-9,13H,16H2,(H,17,18)(H,19,20);1H. The number of hydrogen-bond donors (Lipinski definition) is 3. The molecule has 2 aromatic rings. The highest BCUT2D eigenvalue weighted by atomic mass is 35.5. The van der Waals surface area contributed by atoms with Gasteiger partial charge in [0.25, 0.3) is 5.91 Å². The number of carboxylic acid groups (broad SMARTS) is 1. The molecule has 21 heavy (non-hydrogen) atoms. The van der Waals surface area contributed by atoms with Crippen LogP contribution < -0.4 is 11.1 Å². The lowest BCUT2D eigenvalue weighted by Crippen LogP contribution is -2.33. The van der Waals surface area contributed by atoms with Crippen LogP contribution in [0.3, 0.4) is 0 Å². The van der Waals surface area contributed by atoms with Gasteiger partial charge in [-0.05, 0) is 29.8 Å². The minimum absolute atomic E-state index is 0. The van der Waals surface area contributed by atoms with E-state index in [9.17, 15) is 14.7 Å². The number of nitrogens with two attached hydrogens (primary N) is 1. The summed E-state index contributed by atoms with van der Waals surface area (Å²) in [5.74, 6) is -1.57. The number of carbonyl (C=O) groups excluding carboxylic acids is 1. The van der Waals surface area contributed by atoms with Crippen molar-refractivity contribution in [1.82, 2.24) is 5.32 Å². The van der Waals surface area contributed by atoms with E-state index in [-0.39, 0.29) is 12.4 Å². The van der Waals surface area contributed by atoms with Crippen molar-refractivity contribution in [2.75, 3.05) is 5.73 Å². The fraction of sp³-hybridized carbons (Fsp3) is 0.0667. The summed E-state index contributed by atoms with van der Waals surface area (Å²) in [6.45, 7) is 0. The van der Waals surface area contributed by atoms with E-state index in [0.29, 0.717) is 16.8 Å². The van der Waals surface area contributed by atoms with Gasteiger partial charge in [0.05, 0.1) is 0 Å². The summed E-state index contributed by atoms with van der Waals surface area (Å²) in [4.78, 5) is 23.3. The van der Waals surface area contributed by atoms with Crippen LogP contribution in [0.25, 0.3) is 0 Å². The summed E-state index contributed by atoms with van der Waals surface area (Å²) >= 11 is 0. The van der Waals surface area contributed by atoms with Gasteiger partial charge in [0, 0.05) is 11.3 Å². The van der Waals surface area contributed by atoms with E-state index < -0.39 is 17.9 Å². The molecule has 0 saturated heterocycles. The van der Waals surface area contributed by atoms with E-state index in [4.69, 9.17) is 5.73 Å². The minimum atomic E-state index is -1.11. The van der Waals surface area contributed by atoms with E-state index in [1.165, 1.54) is 0 Å². The second-order valence-corrected chi connectivity index (χ2v) is 4.28. The summed E-state index contributed by atoms with van der Waals surface area (Å²) in [7, 11) is 0. The van der Waals surface area contributed by atoms with Gasteiger partial charge in [0.15, 0.2) is 6.04 Å². The number of rotatable bonds is 4. The molecule has 0 aliphatic rings. The Kier molecular flexibility index (Phi) is 5.75. The summed E-state index contributed by atoms with van der Waals surface area (Å²) in [6.07, 6.45) is 0. The van der Waals surface area contributed by atoms with Gasteiger partial charge in [0.2, 0.25) is 0 Å². The maximum Gasteiger partial charge on any atom is 0.330 e. The first-order chi connectivity index (χ1) is 9.58. The highest BCUT2D eigenvalue weighted by Crippen LogP contribution is 2.14. The molecule has 0 fully saturated rings. The van der Waals surface area contributed by atoms with Crippen molar-refractivity contribution < 1.29 is 14.7 Å². The highest BCUT2D eigenvalue weighted by Gasteiger charge is 2.22. The molecule has 5 nitrogen and oxygen atoms in total. The average Bonchev–Trinajstić information content (AvgIpc) is 2.46. The summed E-state index contributed by atoms with van der Waals surface area (Å²) in [5.41, 5.74) is 6.96. The zero-order valence-corrected chi connectivity index (χ0v) is 11.8. The number of benzene rings is 2. The third-order valence-corrected chi connectivity index (χ3v) is 2.83. The van der Waals surface area contributed by atoms with Gasteiger partial charge in [-0.2, -0.15) is 0 Å². The first-order valence-corrected chi connectivity index (χ1v) is 6.02. The molecule has 2 aromatic carbocycles. The van der Waals surface area contributed by atoms with Crippen LogP contribution >= 0.6 is 12.4 Å². The average molecular weight is 307 g/mol. The largest absolute Gasteiger partial charge is 0.479 e. The van der Waals surface area contributed by atoms with Crippen LogP contribution in [0, 0.1) is 0 Å². The third kappa shape index (κ3) is 4.22. The minimum Gasteiger partial charge on any atom is -0.479 e. The van der Waals surface area contributed by atoms with Crippen LogP contribution in [0.4, 0.5) is 5.69 Å². The van der Waals surface area contributed by atoms with Gasteiger partial charge in [-0.15, -0.1) is 12.4 Å². The van der Waals surface area contributed by atoms with Gasteiger partial charge < -0.3 is 16.2 Å². The predicted octanol–water partition coefficient (Wildman–Crippen LogP) is 2.25. The molecule has 0 heterocycles. The molecule has 1 unspecified atom stereocenters. The fourth-order valence-corrected chi connectivity index (χ4v) is 1.78. The SMILES string of the molecule is Cl.Nc1ccc(C(=O)NC(C(=O)O)c2ccccc2)cc1. The number of aliphatic carboxylic acids is 1. The summed E-state index contributed by atoms with van der Waals surface area (Å²) in [5, 5.41) is 11.7. The van der Waals surface area contributed by atoms with Gasteiger partial charge in [-0.25, -0.2) is 4.79 Å².